The number of aryl methyl sites for hydroxylation is 1. The molecule has 0 radical (unpaired) electrons. The Labute approximate surface area is 201 Å². The van der Waals surface area contributed by atoms with Gasteiger partial charge in [-0.3, -0.25) is 9.79 Å². The molecule has 3 atom stereocenters. The summed E-state index contributed by atoms with van der Waals surface area (Å²) in [5.74, 6) is -0.929. The van der Waals surface area contributed by atoms with Crippen LogP contribution in [0.5, 0.6) is 0 Å². The Kier molecular flexibility index (Phi) is 7.19. The second kappa shape index (κ2) is 9.60. The molecule has 0 saturated heterocycles. The first-order chi connectivity index (χ1) is 15.9. The zero-order valence-corrected chi connectivity index (χ0v) is 20.7. The fourth-order valence-corrected chi connectivity index (χ4v) is 4.58. The summed E-state index contributed by atoms with van der Waals surface area (Å²) in [6.45, 7) is 9.35. The van der Waals surface area contributed by atoms with E-state index in [9.17, 15) is 9.35 Å². The first kappa shape index (κ1) is 25.5. The fourth-order valence-electron chi connectivity index (χ4n) is 3.74. The van der Waals surface area contributed by atoms with E-state index < -0.39 is 33.0 Å². The molecule has 8 nitrogen and oxygen atoms in total. The van der Waals surface area contributed by atoms with Crippen molar-refractivity contribution in [3.05, 3.63) is 58.7 Å². The van der Waals surface area contributed by atoms with Crippen molar-refractivity contribution < 1.29 is 13.7 Å². The monoisotopic (exact) mass is 484 g/mol. The van der Waals surface area contributed by atoms with Gasteiger partial charge in [0.15, 0.2) is 0 Å². The number of anilines is 1. The number of nitriles is 1. The number of pyridine rings is 1. The molecule has 0 saturated carbocycles. The largest absolute Gasteiger partial charge is 0.386 e. The number of benzene rings is 1. The number of hydrogen-bond acceptors (Lipinski definition) is 6. The summed E-state index contributed by atoms with van der Waals surface area (Å²) in [7, 11) is -1.33. The number of amidine groups is 1. The van der Waals surface area contributed by atoms with Crippen molar-refractivity contribution >= 4 is 28.4 Å². The van der Waals surface area contributed by atoms with Gasteiger partial charge in [-0.2, -0.15) is 5.26 Å². The predicted molar refractivity (Wildman–Crippen MR) is 132 cm³/mol. The lowest BCUT2D eigenvalue weighted by molar-refractivity contribution is 0.102. The summed E-state index contributed by atoms with van der Waals surface area (Å²) in [4.78, 5) is 21.7. The number of carbonyl (C=O) groups excluding carboxylic acids is 1. The molecular formula is C24H29FN6O2S. The van der Waals surface area contributed by atoms with Gasteiger partial charge in [-0.25, -0.2) is 13.7 Å². The van der Waals surface area contributed by atoms with Crippen molar-refractivity contribution in [2.24, 2.45) is 21.0 Å². The third-order valence-electron chi connectivity index (χ3n) is 6.35. The number of amides is 1. The number of rotatable bonds is 3. The van der Waals surface area contributed by atoms with Crippen LogP contribution in [0.2, 0.25) is 0 Å². The van der Waals surface area contributed by atoms with E-state index in [1.165, 1.54) is 18.3 Å². The number of halogens is 1. The van der Waals surface area contributed by atoms with Crippen LogP contribution in [0.3, 0.4) is 0 Å². The van der Waals surface area contributed by atoms with Crippen LogP contribution in [0.25, 0.3) is 0 Å². The second-order valence-corrected chi connectivity index (χ2v) is 10.9. The van der Waals surface area contributed by atoms with E-state index in [1.54, 1.807) is 39.8 Å². The van der Waals surface area contributed by atoms with E-state index in [1.807, 2.05) is 13.0 Å². The number of hydrogen-bond donors (Lipinski definition) is 3. The maximum Gasteiger partial charge on any atom is 0.274 e. The quantitative estimate of drug-likeness (QED) is 0.596. The first-order valence-electron chi connectivity index (χ1n) is 10.8. The molecular weight excluding hydrogens is 455 g/mol. The lowest BCUT2D eigenvalue weighted by atomic mass is 9.78. The molecule has 1 aliphatic heterocycles. The van der Waals surface area contributed by atoms with E-state index in [-0.39, 0.29) is 23.0 Å². The number of nitrogens with two attached hydrogens (primary N) is 1. The van der Waals surface area contributed by atoms with E-state index in [0.717, 1.165) is 0 Å². The molecule has 1 aliphatic rings. The lowest BCUT2D eigenvalue weighted by Crippen LogP contribution is -2.44. The number of aromatic nitrogens is 1. The SMILES string of the molecule is Cc1cc(C#N)cnc1C(=O)Nc1ccc(F)c([C@@]2(C)/N=C(/N)C(C)(C)/[S@@](O)=N\CC[C@@H]2C)c1. The normalized spacial score (nSPS) is 26.5. The van der Waals surface area contributed by atoms with E-state index in [4.69, 9.17) is 16.0 Å². The Balaban J connectivity index is 2.03. The minimum Gasteiger partial charge on any atom is -0.386 e. The predicted octanol–water partition coefficient (Wildman–Crippen LogP) is 4.32. The number of carbonyl (C=O) groups is 1. The summed E-state index contributed by atoms with van der Waals surface area (Å²) in [6, 6.07) is 7.88. The van der Waals surface area contributed by atoms with Gasteiger partial charge < -0.3 is 15.6 Å². The molecule has 3 rings (SSSR count). The van der Waals surface area contributed by atoms with Crippen LogP contribution < -0.4 is 11.1 Å². The Morgan fingerprint density at radius 2 is 2.06 bits per heavy atom. The topological polar surface area (TPSA) is 137 Å². The number of nitrogens with zero attached hydrogens (tertiary/aromatic N) is 4. The van der Waals surface area contributed by atoms with Crippen LogP contribution in [0.4, 0.5) is 10.1 Å². The highest BCUT2D eigenvalue weighted by atomic mass is 32.2. The average Bonchev–Trinajstić information content (AvgIpc) is 2.81. The van der Waals surface area contributed by atoms with Crippen LogP contribution in [-0.4, -0.2) is 32.6 Å². The second-order valence-electron chi connectivity index (χ2n) is 9.11. The van der Waals surface area contributed by atoms with Gasteiger partial charge in [0.2, 0.25) is 0 Å². The molecule has 1 aromatic carbocycles. The molecule has 0 spiro atoms. The van der Waals surface area contributed by atoms with Gasteiger partial charge in [0.05, 0.1) is 11.1 Å². The van der Waals surface area contributed by atoms with Crippen molar-refractivity contribution in [3.63, 3.8) is 0 Å². The zero-order chi connectivity index (χ0) is 25.3. The maximum absolute atomic E-state index is 15.2. The van der Waals surface area contributed by atoms with Gasteiger partial charge in [-0.1, -0.05) is 6.92 Å². The lowest BCUT2D eigenvalue weighted by Gasteiger charge is -2.34. The van der Waals surface area contributed by atoms with Gasteiger partial charge >= 0.3 is 0 Å². The van der Waals surface area contributed by atoms with Gasteiger partial charge in [0.1, 0.15) is 28.2 Å². The Morgan fingerprint density at radius 3 is 2.71 bits per heavy atom. The molecule has 0 unspecified atom stereocenters. The Hall–Kier alpha value is -3.16. The molecule has 0 fully saturated rings. The van der Waals surface area contributed by atoms with Crippen molar-refractivity contribution in [1.29, 1.82) is 5.26 Å². The van der Waals surface area contributed by atoms with Crippen LogP contribution >= 0.6 is 0 Å². The van der Waals surface area contributed by atoms with Gasteiger partial charge in [0.25, 0.3) is 5.91 Å². The molecule has 1 amide bonds. The highest BCUT2D eigenvalue weighted by Crippen LogP contribution is 2.40. The van der Waals surface area contributed by atoms with Crippen molar-refractivity contribution in [2.45, 2.75) is 51.3 Å². The van der Waals surface area contributed by atoms with Crippen molar-refractivity contribution in [1.82, 2.24) is 4.98 Å². The third-order valence-corrected chi connectivity index (χ3v) is 7.90. The summed E-state index contributed by atoms with van der Waals surface area (Å²) >= 11 is 0. The fraction of sp³-hybridized carbons (Fsp3) is 0.417. The molecule has 2 heterocycles. The summed E-state index contributed by atoms with van der Waals surface area (Å²) in [5.41, 5.74) is 7.00. The zero-order valence-electron chi connectivity index (χ0n) is 19.9. The average molecular weight is 485 g/mol. The molecule has 0 aliphatic carbocycles. The molecule has 4 N–H and O–H groups in total. The van der Waals surface area contributed by atoms with Crippen LogP contribution in [-0.2, 0) is 16.5 Å². The van der Waals surface area contributed by atoms with Crippen LogP contribution in [0.1, 0.15) is 61.3 Å². The molecule has 180 valence electrons. The van der Waals surface area contributed by atoms with Crippen molar-refractivity contribution in [2.75, 3.05) is 11.9 Å². The van der Waals surface area contributed by atoms with E-state index >= 15 is 4.39 Å². The molecule has 0 bridgehead atoms. The minimum absolute atomic E-state index is 0.163. The van der Waals surface area contributed by atoms with Gasteiger partial charge in [-0.05, 0) is 69.9 Å². The minimum atomic E-state index is -1.33. The maximum atomic E-state index is 15.2. The molecule has 10 heteroatoms. The summed E-state index contributed by atoms with van der Waals surface area (Å²) < 4.78 is 29.1. The van der Waals surface area contributed by atoms with Crippen LogP contribution in [0.15, 0.2) is 39.8 Å². The third kappa shape index (κ3) is 4.86. The summed E-state index contributed by atoms with van der Waals surface area (Å²) in [6.07, 6.45) is 1.90. The first-order valence-corrected chi connectivity index (χ1v) is 12.0. The molecule has 34 heavy (non-hydrogen) atoms. The summed E-state index contributed by atoms with van der Waals surface area (Å²) in [5, 5.41) is 11.8. The highest BCUT2D eigenvalue weighted by Gasteiger charge is 2.39. The Morgan fingerprint density at radius 1 is 1.35 bits per heavy atom. The Bertz CT molecular complexity index is 1240. The van der Waals surface area contributed by atoms with Gasteiger partial charge in [-0.15, -0.1) is 0 Å². The van der Waals surface area contributed by atoms with E-state index in [2.05, 4.69) is 14.7 Å². The standard InChI is InChI=1S/C24H29FN6O2S/c1-14-10-16(12-26)13-28-20(14)21(32)30-17-6-7-19(25)18(11-17)24(5)15(2)8-9-29-34(33)23(3,4)22(27)31-24/h6-7,10-11,13,15H,8-9H2,1-5H3,(H2,27,31)(H,29,33)(H,30,32)/t15-,24-,34+/m0/s1. The van der Waals surface area contributed by atoms with Gasteiger partial charge in [0, 0.05) is 35.0 Å². The van der Waals surface area contributed by atoms with Crippen LogP contribution in [0, 0.1) is 30.0 Å². The number of nitrogens with one attached hydrogen (secondary N) is 1. The highest BCUT2D eigenvalue weighted by molar-refractivity contribution is 7.84. The van der Waals surface area contributed by atoms with E-state index in [0.29, 0.717) is 29.8 Å². The molecule has 2 aromatic rings. The molecule has 1 aromatic heterocycles. The van der Waals surface area contributed by atoms with Crippen molar-refractivity contribution in [3.8, 4) is 6.07 Å². The smallest absolute Gasteiger partial charge is 0.274 e. The number of aliphatic imine (C=N–C) groups is 1.